The Morgan fingerprint density at radius 2 is 2.10 bits per heavy atom. The highest BCUT2D eigenvalue weighted by molar-refractivity contribution is 7.99. The van der Waals surface area contributed by atoms with Gasteiger partial charge >= 0.3 is 0 Å². The van der Waals surface area contributed by atoms with Crippen molar-refractivity contribution in [1.82, 2.24) is 14.9 Å². The lowest BCUT2D eigenvalue weighted by Crippen LogP contribution is -2.36. The molecule has 8 heteroatoms. The maximum Gasteiger partial charge on any atom is 0.191 e. The number of carbonyl (C=O) groups is 1. The number of hydrogen-bond acceptors (Lipinski definition) is 7. The van der Waals surface area contributed by atoms with E-state index in [1.807, 2.05) is 11.0 Å². The van der Waals surface area contributed by atoms with Crippen molar-refractivity contribution in [3.63, 3.8) is 0 Å². The molecule has 3 aromatic rings. The minimum absolute atomic E-state index is 0.0805. The first kappa shape index (κ1) is 20.2. The lowest BCUT2D eigenvalue weighted by molar-refractivity contribution is 0.0779. The molecular formula is C23H19FN4OS2. The fourth-order valence-electron chi connectivity index (χ4n) is 4.51. The molecule has 1 saturated heterocycles. The van der Waals surface area contributed by atoms with Crippen LogP contribution in [0.5, 0.6) is 0 Å². The topological polar surface area (TPSA) is 69.9 Å². The van der Waals surface area contributed by atoms with Crippen molar-refractivity contribution in [2.24, 2.45) is 17.8 Å². The molecule has 2 aromatic heterocycles. The molecule has 3 heterocycles. The van der Waals surface area contributed by atoms with Gasteiger partial charge in [-0.2, -0.15) is 5.26 Å². The molecule has 5 nitrogen and oxygen atoms in total. The number of halogens is 1. The molecule has 3 atom stereocenters. The molecule has 0 amide bonds. The fourth-order valence-corrected chi connectivity index (χ4v) is 6.41. The summed E-state index contributed by atoms with van der Waals surface area (Å²) in [4.78, 5) is 26.1. The number of rotatable bonds is 6. The number of carbonyl (C=O) groups excluding carboxylic acids is 1. The molecule has 5 rings (SSSR count). The Balaban J connectivity index is 1.29. The van der Waals surface area contributed by atoms with Crippen LogP contribution in [-0.4, -0.2) is 33.7 Å². The summed E-state index contributed by atoms with van der Waals surface area (Å²) in [5.41, 5.74) is 0.963. The number of benzene rings is 1. The Bertz CT molecular complexity index is 1160. The van der Waals surface area contributed by atoms with Gasteiger partial charge in [-0.05, 0) is 54.5 Å². The van der Waals surface area contributed by atoms with Crippen molar-refractivity contribution < 1.29 is 9.18 Å². The van der Waals surface area contributed by atoms with Gasteiger partial charge in [0.05, 0.1) is 4.88 Å². The van der Waals surface area contributed by atoms with E-state index in [0.717, 1.165) is 39.7 Å². The fraction of sp³-hybridized carbons (Fsp3) is 0.304. The Hall–Kier alpha value is -2.76. The third kappa shape index (κ3) is 4.08. The lowest BCUT2D eigenvalue weighted by Gasteiger charge is -2.38. The molecule has 0 N–H and O–H groups in total. The van der Waals surface area contributed by atoms with E-state index in [-0.39, 0.29) is 11.6 Å². The first-order valence-corrected chi connectivity index (χ1v) is 11.8. The standard InChI is InChI=1S/C23H19FN4OS2/c24-16-1-3-17(4-2-16)30-21-9-26-6-5-18(21)22-10-27-23(31-22)20(29)8-14-7-15-11-28(13-25)12-19(14)15/h1-6,9-10,14-15,19H,7-8,11-12H2. The van der Waals surface area contributed by atoms with E-state index in [2.05, 4.69) is 16.2 Å². The van der Waals surface area contributed by atoms with Gasteiger partial charge in [0.15, 0.2) is 17.0 Å². The summed E-state index contributed by atoms with van der Waals surface area (Å²) < 4.78 is 13.2. The van der Waals surface area contributed by atoms with Crippen LogP contribution in [0.3, 0.4) is 0 Å². The van der Waals surface area contributed by atoms with Crippen LogP contribution in [0.25, 0.3) is 10.4 Å². The Morgan fingerprint density at radius 1 is 1.26 bits per heavy atom. The highest BCUT2D eigenvalue weighted by Gasteiger charge is 2.47. The number of nitrogens with zero attached hydrogens (tertiary/aromatic N) is 4. The predicted octanol–water partition coefficient (Wildman–Crippen LogP) is 5.12. The van der Waals surface area contributed by atoms with Gasteiger partial charge in [0.25, 0.3) is 0 Å². The molecule has 2 fully saturated rings. The number of likely N-dealkylation sites (tertiary alicyclic amines) is 1. The zero-order valence-corrected chi connectivity index (χ0v) is 18.2. The molecule has 0 bridgehead atoms. The second-order valence-corrected chi connectivity index (χ2v) is 10.2. The van der Waals surface area contributed by atoms with E-state index in [9.17, 15) is 9.18 Å². The van der Waals surface area contributed by atoms with Crippen LogP contribution < -0.4 is 0 Å². The number of fused-ring (bicyclic) bond motifs is 1. The van der Waals surface area contributed by atoms with Crippen LogP contribution in [-0.2, 0) is 0 Å². The number of Topliss-reactive ketones (excluding diaryl/α,β-unsaturated/α-hetero) is 1. The third-order valence-electron chi connectivity index (χ3n) is 6.13. The summed E-state index contributed by atoms with van der Waals surface area (Å²) in [6.07, 6.45) is 9.00. The van der Waals surface area contributed by atoms with Gasteiger partial charge in [-0.25, -0.2) is 9.37 Å². The zero-order chi connectivity index (χ0) is 21.4. The maximum absolute atomic E-state index is 13.2. The van der Waals surface area contributed by atoms with Gasteiger partial charge in [-0.15, -0.1) is 11.3 Å². The van der Waals surface area contributed by atoms with Gasteiger partial charge in [0.2, 0.25) is 0 Å². The summed E-state index contributed by atoms with van der Waals surface area (Å²) in [5, 5.41) is 9.62. The predicted molar refractivity (Wildman–Crippen MR) is 117 cm³/mol. The normalized spacial score (nSPS) is 21.9. The van der Waals surface area contributed by atoms with E-state index in [0.29, 0.717) is 29.2 Å². The van der Waals surface area contributed by atoms with Gasteiger partial charge in [0.1, 0.15) is 5.82 Å². The van der Waals surface area contributed by atoms with Crippen LogP contribution in [0.4, 0.5) is 4.39 Å². The number of ketones is 1. The third-order valence-corrected chi connectivity index (χ3v) is 8.25. The van der Waals surface area contributed by atoms with Crippen LogP contribution in [0.1, 0.15) is 22.6 Å². The number of pyridine rings is 1. The van der Waals surface area contributed by atoms with Crippen molar-refractivity contribution in [3.8, 4) is 16.6 Å². The number of hydrogen-bond donors (Lipinski definition) is 0. The molecular weight excluding hydrogens is 431 g/mol. The smallest absolute Gasteiger partial charge is 0.191 e. The van der Waals surface area contributed by atoms with Crippen LogP contribution >= 0.6 is 23.1 Å². The van der Waals surface area contributed by atoms with Crippen molar-refractivity contribution in [2.45, 2.75) is 22.6 Å². The van der Waals surface area contributed by atoms with E-state index >= 15 is 0 Å². The van der Waals surface area contributed by atoms with Crippen molar-refractivity contribution in [1.29, 1.82) is 5.26 Å². The van der Waals surface area contributed by atoms with Gasteiger partial charge in [-0.3, -0.25) is 9.78 Å². The molecule has 0 spiro atoms. The van der Waals surface area contributed by atoms with Crippen LogP contribution in [0.2, 0.25) is 0 Å². The highest BCUT2D eigenvalue weighted by atomic mass is 32.2. The summed E-state index contributed by atoms with van der Waals surface area (Å²) >= 11 is 2.91. The van der Waals surface area contributed by atoms with E-state index in [1.165, 1.54) is 35.2 Å². The van der Waals surface area contributed by atoms with Gasteiger partial charge in [-0.1, -0.05) is 11.8 Å². The number of nitriles is 1. The zero-order valence-electron chi connectivity index (χ0n) is 16.6. The molecule has 0 radical (unpaired) electrons. The van der Waals surface area contributed by atoms with Gasteiger partial charge < -0.3 is 4.90 Å². The van der Waals surface area contributed by atoms with Crippen molar-refractivity contribution >= 4 is 28.9 Å². The van der Waals surface area contributed by atoms with E-state index < -0.39 is 0 Å². The Morgan fingerprint density at radius 3 is 2.90 bits per heavy atom. The van der Waals surface area contributed by atoms with Crippen LogP contribution in [0, 0.1) is 35.0 Å². The maximum atomic E-state index is 13.2. The molecule has 1 saturated carbocycles. The summed E-state index contributed by atoms with van der Waals surface area (Å²) in [6.45, 7) is 1.62. The molecule has 3 unspecified atom stereocenters. The second kappa shape index (κ2) is 8.40. The quantitative estimate of drug-likeness (QED) is 0.384. The number of thiazole rings is 1. The van der Waals surface area contributed by atoms with Gasteiger partial charge in [0, 0.05) is 53.5 Å². The summed E-state index contributed by atoms with van der Waals surface area (Å²) in [7, 11) is 0. The second-order valence-electron chi connectivity index (χ2n) is 8.01. The Labute approximate surface area is 188 Å². The monoisotopic (exact) mass is 450 g/mol. The molecule has 31 heavy (non-hydrogen) atoms. The average molecular weight is 451 g/mol. The summed E-state index contributed by atoms with van der Waals surface area (Å²) in [5.74, 6) is 1.19. The SMILES string of the molecule is N#CN1CC2CC(CC(=O)c3ncc(-c4ccncc4Sc4ccc(F)cc4)s3)C2C1. The molecule has 1 aromatic carbocycles. The Kier molecular flexibility index (Phi) is 5.47. The van der Waals surface area contributed by atoms with Crippen molar-refractivity contribution in [2.75, 3.05) is 13.1 Å². The molecule has 156 valence electrons. The lowest BCUT2D eigenvalue weighted by atomic mass is 9.65. The summed E-state index contributed by atoms with van der Waals surface area (Å²) in [6, 6.07) is 8.26. The average Bonchev–Trinajstić information content (AvgIpc) is 3.39. The van der Waals surface area contributed by atoms with E-state index in [1.54, 1.807) is 30.7 Å². The first-order valence-electron chi connectivity index (χ1n) is 10.1. The first-order chi connectivity index (χ1) is 15.1. The number of aromatic nitrogens is 2. The minimum Gasteiger partial charge on any atom is -0.310 e. The van der Waals surface area contributed by atoms with Crippen molar-refractivity contribution in [3.05, 3.63) is 59.7 Å². The molecule has 1 aliphatic carbocycles. The molecule has 1 aliphatic heterocycles. The molecule has 2 aliphatic rings. The van der Waals surface area contributed by atoms with E-state index in [4.69, 9.17) is 5.26 Å². The largest absolute Gasteiger partial charge is 0.310 e. The minimum atomic E-state index is -0.267. The highest BCUT2D eigenvalue weighted by Crippen LogP contribution is 2.47. The van der Waals surface area contributed by atoms with Crippen LogP contribution in [0.15, 0.2) is 58.7 Å².